The van der Waals surface area contributed by atoms with Gasteiger partial charge in [-0.25, -0.2) is 0 Å². The molecule has 25 heavy (non-hydrogen) atoms. The molecule has 0 bridgehead atoms. The van der Waals surface area contributed by atoms with Crippen LogP contribution in [0.1, 0.15) is 18.1 Å². The van der Waals surface area contributed by atoms with Crippen molar-refractivity contribution in [2.45, 2.75) is 25.7 Å². The summed E-state index contributed by atoms with van der Waals surface area (Å²) in [6.45, 7) is 4.23. The lowest BCUT2D eigenvalue weighted by Gasteiger charge is -2.15. The molecule has 0 aromatic heterocycles. The number of hydrogen-bond donors (Lipinski definition) is 1. The summed E-state index contributed by atoms with van der Waals surface area (Å²) in [7, 11) is 0. The number of ether oxygens (including phenoxy) is 1. The Labute approximate surface area is 163 Å². The van der Waals surface area contributed by atoms with Crippen LogP contribution in [0.3, 0.4) is 0 Å². The molecule has 3 nitrogen and oxygen atoms in total. The minimum Gasteiger partial charge on any atom is -0.481 e. The molecule has 1 N–H and O–H groups in total. The summed E-state index contributed by atoms with van der Waals surface area (Å²) in [4.78, 5) is 12.1. The van der Waals surface area contributed by atoms with Crippen LogP contribution in [-0.4, -0.2) is 24.3 Å². The molecule has 1 amide bonds. The number of amides is 1. The lowest BCUT2D eigenvalue weighted by atomic mass is 10.2. The molecule has 0 radical (unpaired) electrons. The van der Waals surface area contributed by atoms with Crippen LogP contribution in [0.25, 0.3) is 0 Å². The lowest BCUT2D eigenvalue weighted by molar-refractivity contribution is -0.127. The molecule has 1 unspecified atom stereocenters. The molecule has 1 atom stereocenters. The largest absolute Gasteiger partial charge is 0.481 e. The Hall–Kier alpha value is -1.36. The van der Waals surface area contributed by atoms with Crippen molar-refractivity contribution in [3.8, 4) is 5.75 Å². The van der Waals surface area contributed by atoms with E-state index in [0.717, 1.165) is 22.1 Å². The van der Waals surface area contributed by atoms with Gasteiger partial charge in [-0.15, -0.1) is 0 Å². The summed E-state index contributed by atoms with van der Waals surface area (Å²) < 4.78 is 5.66. The van der Waals surface area contributed by atoms with Gasteiger partial charge in [-0.3, -0.25) is 4.79 Å². The van der Waals surface area contributed by atoms with E-state index >= 15 is 0 Å². The van der Waals surface area contributed by atoms with Gasteiger partial charge < -0.3 is 10.1 Å². The van der Waals surface area contributed by atoms with Crippen LogP contribution < -0.4 is 10.1 Å². The number of thioether (sulfide) groups is 1. The lowest BCUT2D eigenvalue weighted by Crippen LogP contribution is -2.37. The Balaban J connectivity index is 1.68. The minimum absolute atomic E-state index is 0.129. The molecular formula is C19H21Cl2NO2S. The zero-order chi connectivity index (χ0) is 18.2. The van der Waals surface area contributed by atoms with E-state index in [1.807, 2.05) is 37.3 Å². The molecule has 0 fully saturated rings. The monoisotopic (exact) mass is 397 g/mol. The molecule has 0 saturated carbocycles. The molecule has 134 valence electrons. The molecule has 0 spiro atoms. The predicted octanol–water partition coefficient (Wildman–Crippen LogP) is 5.12. The quantitative estimate of drug-likeness (QED) is 0.628. The highest BCUT2D eigenvalue weighted by atomic mass is 35.5. The maximum absolute atomic E-state index is 12.1. The highest BCUT2D eigenvalue weighted by molar-refractivity contribution is 7.98. The number of aryl methyl sites for hydroxylation is 1. The molecule has 0 aliphatic heterocycles. The molecule has 2 aromatic carbocycles. The highest BCUT2D eigenvalue weighted by Gasteiger charge is 2.14. The normalized spacial score (nSPS) is 11.8. The number of rotatable bonds is 8. The molecule has 0 heterocycles. The number of halogens is 2. The van der Waals surface area contributed by atoms with Crippen molar-refractivity contribution in [3.63, 3.8) is 0 Å². The summed E-state index contributed by atoms with van der Waals surface area (Å²) >= 11 is 13.7. The van der Waals surface area contributed by atoms with Crippen LogP contribution in [0.15, 0.2) is 42.5 Å². The average molecular weight is 398 g/mol. The first-order valence-electron chi connectivity index (χ1n) is 7.98. The van der Waals surface area contributed by atoms with E-state index in [1.165, 1.54) is 5.56 Å². The molecule has 6 heteroatoms. The van der Waals surface area contributed by atoms with Gasteiger partial charge in [-0.05, 0) is 55.3 Å². The fourth-order valence-corrected chi connectivity index (χ4v) is 3.29. The Bertz CT molecular complexity index is 724. The van der Waals surface area contributed by atoms with Crippen LogP contribution in [-0.2, 0) is 10.5 Å². The fraction of sp³-hybridized carbons (Fsp3) is 0.316. The van der Waals surface area contributed by atoms with Crippen LogP contribution in [0.5, 0.6) is 5.75 Å². The molecule has 0 aliphatic rings. The van der Waals surface area contributed by atoms with Crippen LogP contribution in [0.2, 0.25) is 10.0 Å². The van der Waals surface area contributed by atoms with Crippen LogP contribution in [0.4, 0.5) is 0 Å². The van der Waals surface area contributed by atoms with Gasteiger partial charge in [0.1, 0.15) is 5.75 Å². The first-order chi connectivity index (χ1) is 12.0. The molecule has 2 aromatic rings. The van der Waals surface area contributed by atoms with E-state index in [2.05, 4.69) is 5.32 Å². The van der Waals surface area contributed by atoms with E-state index in [9.17, 15) is 4.79 Å². The van der Waals surface area contributed by atoms with Crippen molar-refractivity contribution >= 4 is 40.9 Å². The van der Waals surface area contributed by atoms with Crippen molar-refractivity contribution in [1.29, 1.82) is 0 Å². The second-order valence-electron chi connectivity index (χ2n) is 5.64. The summed E-state index contributed by atoms with van der Waals surface area (Å²) in [5, 5.41) is 4.32. The van der Waals surface area contributed by atoms with E-state index in [-0.39, 0.29) is 5.91 Å². The first-order valence-corrected chi connectivity index (χ1v) is 9.89. The van der Waals surface area contributed by atoms with Gasteiger partial charge in [0.05, 0.1) is 0 Å². The molecular weight excluding hydrogens is 377 g/mol. The second-order valence-corrected chi connectivity index (χ2v) is 7.59. The average Bonchev–Trinajstić information content (AvgIpc) is 2.57. The van der Waals surface area contributed by atoms with Gasteiger partial charge in [0.25, 0.3) is 5.91 Å². The first kappa shape index (κ1) is 20.0. The Kier molecular flexibility index (Phi) is 7.94. The summed E-state index contributed by atoms with van der Waals surface area (Å²) in [5.41, 5.74) is 2.10. The van der Waals surface area contributed by atoms with Gasteiger partial charge in [0.2, 0.25) is 0 Å². The number of carbonyl (C=O) groups is 1. The third-order valence-corrected chi connectivity index (χ3v) is 5.20. The third kappa shape index (κ3) is 6.81. The SMILES string of the molecule is Cc1cc(OC(C)C(=O)NCCSCc2cccc(Cl)c2)ccc1Cl. The predicted molar refractivity (Wildman–Crippen MR) is 107 cm³/mol. The zero-order valence-electron chi connectivity index (χ0n) is 14.2. The molecule has 2 rings (SSSR count). The Morgan fingerprint density at radius 3 is 2.76 bits per heavy atom. The van der Waals surface area contributed by atoms with E-state index in [0.29, 0.717) is 17.3 Å². The number of nitrogens with one attached hydrogen (secondary N) is 1. The summed E-state index contributed by atoms with van der Waals surface area (Å²) in [6.07, 6.45) is -0.557. The van der Waals surface area contributed by atoms with E-state index in [1.54, 1.807) is 30.8 Å². The van der Waals surface area contributed by atoms with Crippen molar-refractivity contribution in [3.05, 3.63) is 63.6 Å². The fourth-order valence-electron chi connectivity index (χ4n) is 2.16. The van der Waals surface area contributed by atoms with Gasteiger partial charge in [-0.1, -0.05) is 35.3 Å². The number of benzene rings is 2. The topological polar surface area (TPSA) is 38.3 Å². The van der Waals surface area contributed by atoms with Gasteiger partial charge in [0.15, 0.2) is 6.10 Å². The maximum Gasteiger partial charge on any atom is 0.260 e. The maximum atomic E-state index is 12.1. The molecule has 0 aliphatic carbocycles. The smallest absolute Gasteiger partial charge is 0.260 e. The highest BCUT2D eigenvalue weighted by Crippen LogP contribution is 2.22. The molecule has 0 saturated heterocycles. The van der Waals surface area contributed by atoms with E-state index in [4.69, 9.17) is 27.9 Å². The van der Waals surface area contributed by atoms with Gasteiger partial charge in [-0.2, -0.15) is 11.8 Å². The minimum atomic E-state index is -0.557. The van der Waals surface area contributed by atoms with Crippen molar-refractivity contribution in [1.82, 2.24) is 5.32 Å². The Morgan fingerprint density at radius 2 is 2.04 bits per heavy atom. The van der Waals surface area contributed by atoms with Crippen molar-refractivity contribution < 1.29 is 9.53 Å². The van der Waals surface area contributed by atoms with Crippen LogP contribution in [0, 0.1) is 6.92 Å². The zero-order valence-corrected chi connectivity index (χ0v) is 16.5. The third-order valence-electron chi connectivity index (χ3n) is 3.51. The van der Waals surface area contributed by atoms with Gasteiger partial charge in [0, 0.05) is 28.1 Å². The number of hydrogen-bond acceptors (Lipinski definition) is 3. The van der Waals surface area contributed by atoms with E-state index < -0.39 is 6.10 Å². The number of carbonyl (C=O) groups excluding carboxylic acids is 1. The van der Waals surface area contributed by atoms with Crippen LogP contribution >= 0.6 is 35.0 Å². The standard InChI is InChI=1S/C19H21Cl2NO2S/c1-13-10-17(6-7-18(13)21)24-14(2)19(23)22-8-9-25-12-15-4-3-5-16(20)11-15/h3-7,10-11,14H,8-9,12H2,1-2H3,(H,22,23). The van der Waals surface area contributed by atoms with Crippen molar-refractivity contribution in [2.75, 3.05) is 12.3 Å². The second kappa shape index (κ2) is 9.95. The van der Waals surface area contributed by atoms with Gasteiger partial charge >= 0.3 is 0 Å². The van der Waals surface area contributed by atoms with Crippen molar-refractivity contribution in [2.24, 2.45) is 0 Å². The summed E-state index contributed by atoms with van der Waals surface area (Å²) in [5.74, 6) is 2.20. The Morgan fingerprint density at radius 1 is 1.24 bits per heavy atom. The summed E-state index contributed by atoms with van der Waals surface area (Å²) in [6, 6.07) is 13.2.